The predicted molar refractivity (Wildman–Crippen MR) is 117 cm³/mol. The van der Waals surface area contributed by atoms with Crippen LogP contribution in [0.3, 0.4) is 0 Å². The van der Waals surface area contributed by atoms with E-state index in [9.17, 15) is 5.11 Å². The number of hydrogen-bond acceptors (Lipinski definition) is 6. The fraction of sp³-hybridized carbons (Fsp3) is 0.261. The van der Waals surface area contributed by atoms with Crippen LogP contribution in [0.1, 0.15) is 16.7 Å². The zero-order valence-corrected chi connectivity index (χ0v) is 17.8. The first-order valence-corrected chi connectivity index (χ1v) is 9.93. The minimum Gasteiger partial charge on any atom is -0.504 e. The second kappa shape index (κ2) is 10.7. The normalized spacial score (nSPS) is 10.6. The summed E-state index contributed by atoms with van der Waals surface area (Å²) in [7, 11) is 3.17. The maximum Gasteiger partial charge on any atom is 0.161 e. The fourth-order valence-corrected chi connectivity index (χ4v) is 3.05. The Morgan fingerprint density at radius 2 is 1.63 bits per heavy atom. The number of nitrogens with zero attached hydrogens (tertiary/aromatic N) is 1. The lowest BCUT2D eigenvalue weighted by molar-refractivity contribution is 0.284. The summed E-state index contributed by atoms with van der Waals surface area (Å²) in [5, 5.41) is 13.5. The minimum absolute atomic E-state index is 0.149. The molecule has 0 amide bonds. The first-order chi connectivity index (χ1) is 14.6. The summed E-state index contributed by atoms with van der Waals surface area (Å²) in [6.07, 6.45) is 2.51. The van der Waals surface area contributed by atoms with Crippen LogP contribution in [0.15, 0.2) is 54.7 Å². The lowest BCUT2D eigenvalue weighted by atomic mass is 10.1. The van der Waals surface area contributed by atoms with Crippen molar-refractivity contribution in [2.45, 2.75) is 19.6 Å². The van der Waals surface area contributed by atoms with Gasteiger partial charge < -0.3 is 24.6 Å². The van der Waals surface area contributed by atoms with Gasteiger partial charge in [0.15, 0.2) is 23.0 Å². The molecular weight excluding hydrogens is 404 g/mol. The first kappa shape index (κ1) is 21.7. The Morgan fingerprint density at radius 3 is 2.37 bits per heavy atom. The van der Waals surface area contributed by atoms with Gasteiger partial charge in [0.1, 0.15) is 11.8 Å². The highest BCUT2D eigenvalue weighted by Gasteiger charge is 2.07. The molecule has 0 bridgehead atoms. The van der Waals surface area contributed by atoms with Crippen molar-refractivity contribution in [1.29, 1.82) is 0 Å². The molecular formula is C23H25ClN2O4. The lowest BCUT2D eigenvalue weighted by Gasteiger charge is -2.13. The van der Waals surface area contributed by atoms with E-state index < -0.39 is 0 Å². The number of hydrogen-bond donors (Lipinski definition) is 2. The summed E-state index contributed by atoms with van der Waals surface area (Å²) in [4.78, 5) is 4.05. The number of aromatic nitrogens is 1. The largest absolute Gasteiger partial charge is 0.504 e. The highest BCUT2D eigenvalue weighted by Crippen LogP contribution is 2.29. The third-order valence-electron chi connectivity index (χ3n) is 4.57. The van der Waals surface area contributed by atoms with E-state index in [0.717, 1.165) is 29.7 Å². The topological polar surface area (TPSA) is 72.8 Å². The lowest BCUT2D eigenvalue weighted by Crippen LogP contribution is -2.16. The van der Waals surface area contributed by atoms with Crippen molar-refractivity contribution in [3.8, 4) is 23.0 Å². The molecule has 0 atom stereocenters. The van der Waals surface area contributed by atoms with E-state index >= 15 is 0 Å². The monoisotopic (exact) mass is 428 g/mol. The van der Waals surface area contributed by atoms with Crippen LogP contribution < -0.4 is 19.5 Å². The van der Waals surface area contributed by atoms with Crippen molar-refractivity contribution >= 4 is 11.6 Å². The quantitative estimate of drug-likeness (QED) is 0.369. The van der Waals surface area contributed by atoms with E-state index in [4.69, 9.17) is 25.8 Å². The predicted octanol–water partition coefficient (Wildman–Crippen LogP) is 4.37. The Balaban J connectivity index is 1.51. The smallest absolute Gasteiger partial charge is 0.161 e. The molecule has 0 saturated heterocycles. The number of phenolic OH excluding ortho intramolecular Hbond substituents is 1. The molecule has 0 saturated carbocycles. The van der Waals surface area contributed by atoms with Gasteiger partial charge in [-0.1, -0.05) is 29.8 Å². The van der Waals surface area contributed by atoms with Gasteiger partial charge in [0.2, 0.25) is 0 Å². The van der Waals surface area contributed by atoms with E-state index in [2.05, 4.69) is 10.3 Å². The molecule has 2 aromatic carbocycles. The molecule has 7 heteroatoms. The van der Waals surface area contributed by atoms with Crippen molar-refractivity contribution < 1.29 is 19.3 Å². The Morgan fingerprint density at radius 1 is 0.900 bits per heavy atom. The van der Waals surface area contributed by atoms with Crippen molar-refractivity contribution in [3.63, 3.8) is 0 Å². The Kier molecular flexibility index (Phi) is 7.76. The molecule has 0 spiro atoms. The minimum atomic E-state index is 0.149. The second-order valence-electron chi connectivity index (χ2n) is 6.70. The van der Waals surface area contributed by atoms with Gasteiger partial charge in [-0.25, -0.2) is 4.98 Å². The Bertz CT molecular complexity index is 964. The van der Waals surface area contributed by atoms with Gasteiger partial charge >= 0.3 is 0 Å². The number of rotatable bonds is 10. The molecule has 0 aliphatic rings. The van der Waals surface area contributed by atoms with Gasteiger partial charge in [0.25, 0.3) is 0 Å². The van der Waals surface area contributed by atoms with Crippen LogP contribution in [0.5, 0.6) is 23.0 Å². The number of nitrogens with one attached hydrogen (secondary N) is 1. The molecule has 1 aromatic heterocycles. The Labute approximate surface area is 181 Å². The molecule has 0 radical (unpaired) electrons. The third-order valence-corrected chi connectivity index (χ3v) is 4.80. The summed E-state index contributed by atoms with van der Waals surface area (Å²) < 4.78 is 16.5. The number of benzene rings is 2. The maximum atomic E-state index is 9.67. The maximum absolute atomic E-state index is 9.67. The summed E-state index contributed by atoms with van der Waals surface area (Å²) in [5.41, 5.74) is 3.11. The summed E-state index contributed by atoms with van der Waals surface area (Å²) >= 11 is 5.81. The summed E-state index contributed by atoms with van der Waals surface area (Å²) in [6, 6.07) is 14.9. The number of methoxy groups -OCH3 is 2. The molecule has 30 heavy (non-hydrogen) atoms. The molecule has 0 unspecified atom stereocenters. The van der Waals surface area contributed by atoms with Gasteiger partial charge in [-0.15, -0.1) is 0 Å². The van der Waals surface area contributed by atoms with Crippen LogP contribution in [0.25, 0.3) is 0 Å². The van der Waals surface area contributed by atoms with Crippen molar-refractivity contribution in [3.05, 3.63) is 76.6 Å². The molecule has 0 fully saturated rings. The zero-order chi connectivity index (χ0) is 21.3. The number of pyridine rings is 1. The highest BCUT2D eigenvalue weighted by molar-refractivity contribution is 6.29. The van der Waals surface area contributed by atoms with Gasteiger partial charge in [-0.2, -0.15) is 0 Å². The molecule has 6 nitrogen and oxygen atoms in total. The van der Waals surface area contributed by atoms with E-state index in [1.165, 1.54) is 0 Å². The van der Waals surface area contributed by atoms with Crippen molar-refractivity contribution in [2.24, 2.45) is 0 Å². The van der Waals surface area contributed by atoms with Gasteiger partial charge in [-0.05, 0) is 54.4 Å². The molecule has 1 heterocycles. The standard InChI is InChI=1S/C23H25ClN2O4/c1-28-21-11-16(3-6-19(21)27)9-10-25-13-17-4-7-20(22(12-17)29-2)30-15-18-5-8-23(24)26-14-18/h3-8,11-12,14,25,27H,9-10,13,15H2,1-2H3. The molecule has 3 rings (SSSR count). The number of ether oxygens (including phenoxy) is 3. The zero-order valence-electron chi connectivity index (χ0n) is 17.0. The summed E-state index contributed by atoms with van der Waals surface area (Å²) in [5.74, 6) is 1.99. The third kappa shape index (κ3) is 6.02. The fourth-order valence-electron chi connectivity index (χ4n) is 2.94. The van der Waals surface area contributed by atoms with E-state index in [-0.39, 0.29) is 5.75 Å². The molecule has 158 valence electrons. The first-order valence-electron chi connectivity index (χ1n) is 9.56. The van der Waals surface area contributed by atoms with Crippen LogP contribution in [0.2, 0.25) is 5.15 Å². The van der Waals surface area contributed by atoms with Crippen LogP contribution in [0.4, 0.5) is 0 Å². The van der Waals surface area contributed by atoms with Crippen LogP contribution in [0, 0.1) is 0 Å². The van der Waals surface area contributed by atoms with Crippen LogP contribution in [-0.4, -0.2) is 30.9 Å². The van der Waals surface area contributed by atoms with Gasteiger partial charge in [0, 0.05) is 18.3 Å². The molecule has 2 N–H and O–H groups in total. The van der Waals surface area contributed by atoms with Crippen LogP contribution in [-0.2, 0) is 19.6 Å². The molecule has 3 aromatic rings. The SMILES string of the molecule is COc1cc(CCNCc2ccc(OCc3ccc(Cl)nc3)c(OC)c2)ccc1O. The molecule has 0 aliphatic heterocycles. The number of aromatic hydroxyl groups is 1. The summed E-state index contributed by atoms with van der Waals surface area (Å²) in [6.45, 7) is 1.87. The Hall–Kier alpha value is -2.96. The van der Waals surface area contributed by atoms with Gasteiger partial charge in [0.05, 0.1) is 14.2 Å². The number of halogens is 1. The average molecular weight is 429 g/mol. The van der Waals surface area contributed by atoms with E-state index in [0.29, 0.717) is 35.6 Å². The van der Waals surface area contributed by atoms with E-state index in [1.54, 1.807) is 32.5 Å². The van der Waals surface area contributed by atoms with Crippen LogP contribution >= 0.6 is 11.6 Å². The average Bonchev–Trinajstić information content (AvgIpc) is 2.77. The second-order valence-corrected chi connectivity index (χ2v) is 7.08. The van der Waals surface area contributed by atoms with Crippen molar-refractivity contribution in [1.82, 2.24) is 10.3 Å². The van der Waals surface area contributed by atoms with E-state index in [1.807, 2.05) is 36.4 Å². The van der Waals surface area contributed by atoms with Gasteiger partial charge in [-0.3, -0.25) is 0 Å². The highest BCUT2D eigenvalue weighted by atomic mass is 35.5. The molecule has 0 aliphatic carbocycles. The van der Waals surface area contributed by atoms with Crippen molar-refractivity contribution in [2.75, 3.05) is 20.8 Å². The number of phenols is 1.